The number of hydrogen-bond donors (Lipinski definition) is 0. The first-order valence-corrected chi connectivity index (χ1v) is 10.7. The highest BCUT2D eigenvalue weighted by atomic mass is 28.2. The molecule has 0 saturated heterocycles. The molecule has 194 valence electrons. The second kappa shape index (κ2) is 9.78. The van der Waals surface area contributed by atoms with Gasteiger partial charge in [0, 0.05) is 6.42 Å². The number of nitrogens with zero attached hydrogens (tertiary/aromatic N) is 1. The quantitative estimate of drug-likeness (QED) is 0.199. The molecule has 0 radical (unpaired) electrons. The van der Waals surface area contributed by atoms with Gasteiger partial charge in [-0.1, -0.05) is 13.8 Å². The lowest BCUT2D eigenvalue weighted by atomic mass is 9.90. The lowest BCUT2D eigenvalue weighted by molar-refractivity contribution is -0.452. The van der Waals surface area contributed by atoms with Crippen molar-refractivity contribution in [3.05, 3.63) is 0 Å². The smallest absolute Gasteiger partial charge is 0.329 e. The molecule has 0 aromatic rings. The Morgan fingerprint density at radius 3 is 1.22 bits per heavy atom. The SMILES string of the molecule is CCCN(CCC)[SiH2]CCC(F)(F)C(F)(F)C(F)(F)C(F)(F)C(F)(F)C(F)(F)C(F)(F)F. The molecule has 0 heterocycles. The Bertz CT molecular complexity index is 596. The fourth-order valence-electron chi connectivity index (χ4n) is 2.65. The van der Waals surface area contributed by atoms with E-state index in [4.69, 9.17) is 0 Å². The Morgan fingerprint density at radius 1 is 0.531 bits per heavy atom. The van der Waals surface area contributed by atoms with Crippen molar-refractivity contribution in [1.82, 2.24) is 4.57 Å². The van der Waals surface area contributed by atoms with Crippen LogP contribution in [0.1, 0.15) is 33.1 Å². The molecule has 32 heavy (non-hydrogen) atoms. The summed E-state index contributed by atoms with van der Waals surface area (Å²) in [5.41, 5.74) is 0. The van der Waals surface area contributed by atoms with Crippen LogP contribution in [-0.2, 0) is 0 Å². The zero-order valence-electron chi connectivity index (χ0n) is 16.6. The van der Waals surface area contributed by atoms with E-state index >= 15 is 0 Å². The molecule has 0 aliphatic rings. The molecule has 0 N–H and O–H groups in total. The number of hydrogen-bond acceptors (Lipinski definition) is 1. The van der Waals surface area contributed by atoms with Gasteiger partial charge < -0.3 is 4.57 Å². The molecule has 0 fully saturated rings. The Morgan fingerprint density at radius 2 is 0.875 bits per heavy atom. The molecule has 0 bridgehead atoms. The Kier molecular flexibility index (Phi) is 9.51. The average Bonchev–Trinajstić information content (AvgIpc) is 2.60. The Labute approximate surface area is 175 Å². The van der Waals surface area contributed by atoms with Gasteiger partial charge in [-0.3, -0.25) is 0 Å². The van der Waals surface area contributed by atoms with E-state index in [0.717, 1.165) is 0 Å². The minimum Gasteiger partial charge on any atom is -0.329 e. The molecule has 0 unspecified atom stereocenters. The maximum Gasteiger partial charge on any atom is 0.460 e. The van der Waals surface area contributed by atoms with Gasteiger partial charge in [-0.2, -0.15) is 65.9 Å². The molecular formula is C15H20F15NSi. The molecule has 0 amide bonds. The standard InChI is InChI=1S/C15H20F15NSi/c1-3-6-31(7-4-2)32-8-5-9(16,17)10(18,19)11(20,21)12(22,23)13(24,25)14(26,27)15(28,29)30/h3-8,32H2,1-2H3. The van der Waals surface area contributed by atoms with Gasteiger partial charge in [0.1, 0.15) is 0 Å². The zero-order valence-corrected chi connectivity index (χ0v) is 18.0. The lowest BCUT2D eigenvalue weighted by Crippen LogP contribution is -2.72. The molecule has 0 aliphatic heterocycles. The van der Waals surface area contributed by atoms with Gasteiger partial charge in [0.2, 0.25) is 0 Å². The van der Waals surface area contributed by atoms with Crippen LogP contribution in [0.2, 0.25) is 6.04 Å². The largest absolute Gasteiger partial charge is 0.460 e. The molecule has 0 saturated carbocycles. The van der Waals surface area contributed by atoms with Crippen molar-refractivity contribution in [3.8, 4) is 0 Å². The van der Waals surface area contributed by atoms with E-state index in [1.165, 1.54) is 0 Å². The van der Waals surface area contributed by atoms with E-state index in [1.54, 1.807) is 18.4 Å². The van der Waals surface area contributed by atoms with Gasteiger partial charge in [-0.15, -0.1) is 0 Å². The highest BCUT2D eigenvalue weighted by Crippen LogP contribution is 2.62. The summed E-state index contributed by atoms with van der Waals surface area (Å²) in [6.07, 6.45) is -8.80. The number of alkyl halides is 15. The predicted molar refractivity (Wildman–Crippen MR) is 85.9 cm³/mol. The molecule has 0 atom stereocenters. The summed E-state index contributed by atoms with van der Waals surface area (Å²) in [5, 5.41) is 0. The van der Waals surface area contributed by atoms with Crippen LogP contribution in [0, 0.1) is 0 Å². The van der Waals surface area contributed by atoms with Gasteiger partial charge >= 0.3 is 41.7 Å². The van der Waals surface area contributed by atoms with Crippen molar-refractivity contribution in [2.45, 2.75) is 80.9 Å². The van der Waals surface area contributed by atoms with Crippen molar-refractivity contribution < 1.29 is 65.9 Å². The first-order chi connectivity index (χ1) is 14.0. The van der Waals surface area contributed by atoms with E-state index in [2.05, 4.69) is 0 Å². The van der Waals surface area contributed by atoms with Crippen molar-refractivity contribution in [3.63, 3.8) is 0 Å². The fraction of sp³-hybridized carbons (Fsp3) is 1.00. The summed E-state index contributed by atoms with van der Waals surface area (Å²) in [4.78, 5) is 0. The van der Waals surface area contributed by atoms with Crippen LogP contribution in [0.15, 0.2) is 0 Å². The zero-order chi connectivity index (χ0) is 26.0. The maximum atomic E-state index is 13.8. The molecule has 1 nitrogen and oxygen atoms in total. The molecular weight excluding hydrogens is 507 g/mol. The monoisotopic (exact) mass is 527 g/mol. The van der Waals surface area contributed by atoms with Crippen molar-refractivity contribution in [2.75, 3.05) is 13.1 Å². The van der Waals surface area contributed by atoms with Gasteiger partial charge in [0.25, 0.3) is 0 Å². The van der Waals surface area contributed by atoms with Crippen molar-refractivity contribution >= 4 is 9.68 Å². The second-order valence-corrected chi connectivity index (χ2v) is 9.07. The summed E-state index contributed by atoms with van der Waals surface area (Å²) in [5.74, 6) is -45.8. The minimum atomic E-state index is -8.21. The molecule has 0 rings (SSSR count). The average molecular weight is 527 g/mol. The fourth-order valence-corrected chi connectivity index (χ4v) is 4.78. The van der Waals surface area contributed by atoms with E-state index in [9.17, 15) is 65.9 Å². The van der Waals surface area contributed by atoms with Gasteiger partial charge in [0.15, 0.2) is 0 Å². The summed E-state index contributed by atoms with van der Waals surface area (Å²) >= 11 is 0. The third kappa shape index (κ3) is 5.27. The van der Waals surface area contributed by atoms with E-state index in [1.807, 2.05) is 0 Å². The van der Waals surface area contributed by atoms with Crippen LogP contribution < -0.4 is 0 Å². The third-order valence-corrected chi connectivity index (χ3v) is 6.37. The van der Waals surface area contributed by atoms with Crippen LogP contribution in [-0.4, -0.2) is 69.0 Å². The second-order valence-electron chi connectivity index (χ2n) is 7.02. The molecule has 0 aromatic carbocycles. The van der Waals surface area contributed by atoms with Gasteiger partial charge in [0.05, 0.1) is 9.68 Å². The summed E-state index contributed by atoms with van der Waals surface area (Å²) in [6, 6.07) is -0.890. The van der Waals surface area contributed by atoms with Crippen LogP contribution in [0.4, 0.5) is 65.9 Å². The van der Waals surface area contributed by atoms with Crippen molar-refractivity contribution in [1.29, 1.82) is 0 Å². The van der Waals surface area contributed by atoms with Gasteiger partial charge in [-0.25, -0.2) is 0 Å². The maximum absolute atomic E-state index is 13.8. The lowest BCUT2D eigenvalue weighted by Gasteiger charge is -2.41. The van der Waals surface area contributed by atoms with Crippen LogP contribution in [0.5, 0.6) is 0 Å². The summed E-state index contributed by atoms with van der Waals surface area (Å²) < 4.78 is 198. The number of rotatable bonds is 13. The van der Waals surface area contributed by atoms with Crippen LogP contribution in [0.3, 0.4) is 0 Å². The Balaban J connectivity index is 5.94. The predicted octanol–water partition coefficient (Wildman–Crippen LogP) is 6.37. The normalized spacial score (nSPS) is 15.9. The number of halogens is 15. The van der Waals surface area contributed by atoms with Gasteiger partial charge in [-0.05, 0) is 32.0 Å². The first-order valence-electron chi connectivity index (χ1n) is 9.05. The molecule has 17 heteroatoms. The minimum absolute atomic E-state index is 0.314. The highest BCUT2D eigenvalue weighted by Gasteiger charge is 2.93. The molecule has 0 spiro atoms. The molecule has 0 aromatic heterocycles. The van der Waals surface area contributed by atoms with E-state index in [0.29, 0.717) is 25.9 Å². The highest BCUT2D eigenvalue weighted by molar-refractivity contribution is 6.31. The summed E-state index contributed by atoms with van der Waals surface area (Å²) in [6.45, 7) is 3.96. The topological polar surface area (TPSA) is 3.24 Å². The van der Waals surface area contributed by atoms with Crippen LogP contribution in [0.25, 0.3) is 0 Å². The van der Waals surface area contributed by atoms with E-state index in [-0.39, 0.29) is 0 Å². The van der Waals surface area contributed by atoms with Crippen LogP contribution >= 0.6 is 0 Å². The van der Waals surface area contributed by atoms with Crippen molar-refractivity contribution in [2.24, 2.45) is 0 Å². The summed E-state index contributed by atoms with van der Waals surface area (Å²) in [7, 11) is -1.81. The first kappa shape index (κ1) is 31.1. The third-order valence-electron chi connectivity index (χ3n) is 4.44. The van der Waals surface area contributed by atoms with E-state index < -0.39 is 63.9 Å². The Hall–Kier alpha value is -0.873. The molecule has 0 aliphatic carbocycles.